The van der Waals surface area contributed by atoms with Gasteiger partial charge in [-0.3, -0.25) is 4.79 Å². The summed E-state index contributed by atoms with van der Waals surface area (Å²) in [5, 5.41) is 11.3. The molecule has 1 aromatic carbocycles. The van der Waals surface area contributed by atoms with Gasteiger partial charge in [-0.05, 0) is 23.8 Å². The lowest BCUT2D eigenvalue weighted by atomic mass is 10.1. The first-order valence-corrected chi connectivity index (χ1v) is 6.32. The van der Waals surface area contributed by atoms with Gasteiger partial charge in [-0.15, -0.1) is 0 Å². The fourth-order valence-electron chi connectivity index (χ4n) is 1.74. The zero-order chi connectivity index (χ0) is 15.2. The van der Waals surface area contributed by atoms with Crippen LogP contribution in [-0.2, 0) is 18.4 Å². The Labute approximate surface area is 121 Å². The molecule has 0 aliphatic heterocycles. The number of benzene rings is 1. The number of aromatic nitrogens is 2. The topological polar surface area (TPSA) is 84.2 Å². The van der Waals surface area contributed by atoms with Crippen molar-refractivity contribution >= 4 is 18.0 Å². The minimum atomic E-state index is -1.01. The molecule has 21 heavy (non-hydrogen) atoms. The average Bonchev–Trinajstić information content (AvgIpc) is 2.88. The van der Waals surface area contributed by atoms with Crippen molar-refractivity contribution in [3.63, 3.8) is 0 Å². The van der Waals surface area contributed by atoms with Crippen molar-refractivity contribution in [2.24, 2.45) is 7.05 Å². The smallest absolute Gasteiger partial charge is 0.328 e. The summed E-state index contributed by atoms with van der Waals surface area (Å²) >= 11 is 0. The first-order valence-electron chi connectivity index (χ1n) is 6.32. The maximum Gasteiger partial charge on any atom is 0.328 e. The van der Waals surface area contributed by atoms with Crippen molar-refractivity contribution in [3.8, 4) is 0 Å². The number of carboxylic acids is 1. The van der Waals surface area contributed by atoms with Crippen LogP contribution in [0, 0.1) is 0 Å². The number of nitrogens with one attached hydrogen (secondary N) is 1. The van der Waals surface area contributed by atoms with Crippen LogP contribution in [0.2, 0.25) is 0 Å². The predicted molar refractivity (Wildman–Crippen MR) is 77.5 cm³/mol. The molecule has 1 aromatic heterocycles. The Morgan fingerprint density at radius 3 is 2.62 bits per heavy atom. The molecule has 2 aromatic rings. The van der Waals surface area contributed by atoms with E-state index in [9.17, 15) is 9.59 Å². The van der Waals surface area contributed by atoms with Gasteiger partial charge in [0.2, 0.25) is 0 Å². The van der Waals surface area contributed by atoms with Gasteiger partial charge < -0.3 is 15.0 Å². The standard InChI is InChI=1S/C15H15N3O3/c1-18-9-8-16-13(18)10-17-15(21)12-5-2-11(3-6-12)4-7-14(19)20/h2-9H,10H2,1H3,(H,17,21)(H,19,20). The summed E-state index contributed by atoms with van der Waals surface area (Å²) in [5.41, 5.74) is 1.23. The molecule has 0 unspecified atom stereocenters. The van der Waals surface area contributed by atoms with Crippen LogP contribution in [0.25, 0.3) is 6.08 Å². The summed E-state index contributed by atoms with van der Waals surface area (Å²) in [5.74, 6) is -0.442. The van der Waals surface area contributed by atoms with E-state index in [1.807, 2.05) is 17.8 Å². The van der Waals surface area contributed by atoms with Gasteiger partial charge in [0.25, 0.3) is 5.91 Å². The van der Waals surface area contributed by atoms with Crippen molar-refractivity contribution in [1.82, 2.24) is 14.9 Å². The number of carboxylic acid groups (broad SMARTS) is 1. The minimum Gasteiger partial charge on any atom is -0.478 e. The Kier molecular flexibility index (Phi) is 4.50. The lowest BCUT2D eigenvalue weighted by molar-refractivity contribution is -0.131. The number of hydrogen-bond donors (Lipinski definition) is 2. The number of carbonyl (C=O) groups is 2. The molecule has 0 aliphatic carbocycles. The van der Waals surface area contributed by atoms with E-state index in [0.717, 1.165) is 17.5 Å². The van der Waals surface area contributed by atoms with Crippen LogP contribution in [0.3, 0.4) is 0 Å². The molecule has 0 fully saturated rings. The van der Waals surface area contributed by atoms with E-state index >= 15 is 0 Å². The number of rotatable bonds is 5. The molecule has 0 atom stereocenters. The minimum absolute atomic E-state index is 0.202. The SMILES string of the molecule is Cn1ccnc1CNC(=O)c1ccc(C=CC(=O)O)cc1. The van der Waals surface area contributed by atoms with E-state index in [4.69, 9.17) is 5.11 Å². The number of aliphatic carboxylic acids is 1. The van der Waals surface area contributed by atoms with Gasteiger partial charge in [0.15, 0.2) is 0 Å². The molecular formula is C15H15N3O3. The van der Waals surface area contributed by atoms with E-state index in [1.54, 1.807) is 30.5 Å². The molecule has 0 radical (unpaired) electrons. The van der Waals surface area contributed by atoms with Crippen LogP contribution < -0.4 is 5.32 Å². The van der Waals surface area contributed by atoms with Crippen molar-refractivity contribution < 1.29 is 14.7 Å². The van der Waals surface area contributed by atoms with Gasteiger partial charge in [-0.2, -0.15) is 0 Å². The summed E-state index contributed by atoms with van der Waals surface area (Å²) in [4.78, 5) is 26.5. The van der Waals surface area contributed by atoms with Crippen LogP contribution in [0.15, 0.2) is 42.7 Å². The van der Waals surface area contributed by atoms with Crippen LogP contribution in [0.4, 0.5) is 0 Å². The largest absolute Gasteiger partial charge is 0.478 e. The third-order valence-electron chi connectivity index (χ3n) is 2.92. The molecule has 1 heterocycles. The average molecular weight is 285 g/mol. The predicted octanol–water partition coefficient (Wildman–Crippen LogP) is 1.45. The molecular weight excluding hydrogens is 270 g/mol. The summed E-state index contributed by atoms with van der Waals surface area (Å²) in [6.45, 7) is 0.350. The molecule has 0 saturated carbocycles. The molecule has 0 spiro atoms. The summed E-state index contributed by atoms with van der Waals surface area (Å²) in [6, 6.07) is 6.68. The number of aryl methyl sites for hydroxylation is 1. The normalized spacial score (nSPS) is 10.7. The van der Waals surface area contributed by atoms with Gasteiger partial charge in [0, 0.05) is 31.1 Å². The summed E-state index contributed by atoms with van der Waals surface area (Å²) in [7, 11) is 1.86. The molecule has 6 nitrogen and oxygen atoms in total. The fourth-order valence-corrected chi connectivity index (χ4v) is 1.74. The lowest BCUT2D eigenvalue weighted by Gasteiger charge is -2.05. The second-order valence-corrected chi connectivity index (χ2v) is 4.43. The number of carbonyl (C=O) groups excluding carboxylic acids is 1. The highest BCUT2D eigenvalue weighted by molar-refractivity contribution is 5.94. The van der Waals surface area contributed by atoms with E-state index in [1.165, 1.54) is 6.08 Å². The second kappa shape index (κ2) is 6.51. The second-order valence-electron chi connectivity index (χ2n) is 4.43. The van der Waals surface area contributed by atoms with Crippen LogP contribution in [0.5, 0.6) is 0 Å². The third-order valence-corrected chi connectivity index (χ3v) is 2.92. The molecule has 1 amide bonds. The van der Waals surface area contributed by atoms with Crippen molar-refractivity contribution in [1.29, 1.82) is 0 Å². The highest BCUT2D eigenvalue weighted by Crippen LogP contribution is 2.06. The molecule has 6 heteroatoms. The Bertz CT molecular complexity index is 672. The van der Waals surface area contributed by atoms with Gasteiger partial charge in [-0.1, -0.05) is 12.1 Å². The van der Waals surface area contributed by atoms with E-state index in [-0.39, 0.29) is 5.91 Å². The van der Waals surface area contributed by atoms with Crippen molar-refractivity contribution in [2.45, 2.75) is 6.54 Å². The van der Waals surface area contributed by atoms with Gasteiger partial charge in [0.1, 0.15) is 5.82 Å². The zero-order valence-corrected chi connectivity index (χ0v) is 11.5. The van der Waals surface area contributed by atoms with E-state index in [0.29, 0.717) is 12.1 Å². The Balaban J connectivity index is 1.97. The number of hydrogen-bond acceptors (Lipinski definition) is 3. The van der Waals surface area contributed by atoms with Gasteiger partial charge in [-0.25, -0.2) is 9.78 Å². The van der Waals surface area contributed by atoms with Crippen LogP contribution in [-0.4, -0.2) is 26.5 Å². The molecule has 108 valence electrons. The number of nitrogens with zero attached hydrogens (tertiary/aromatic N) is 2. The van der Waals surface area contributed by atoms with Gasteiger partial charge in [0.05, 0.1) is 6.54 Å². The first-order chi connectivity index (χ1) is 10.1. The van der Waals surface area contributed by atoms with Crippen LogP contribution >= 0.6 is 0 Å². The van der Waals surface area contributed by atoms with E-state index < -0.39 is 5.97 Å². The molecule has 2 rings (SSSR count). The van der Waals surface area contributed by atoms with Gasteiger partial charge >= 0.3 is 5.97 Å². The number of imidazole rings is 1. The molecule has 0 aliphatic rings. The Hall–Kier alpha value is -2.89. The molecule has 0 saturated heterocycles. The quantitative estimate of drug-likeness (QED) is 0.814. The lowest BCUT2D eigenvalue weighted by Crippen LogP contribution is -2.24. The molecule has 0 bridgehead atoms. The van der Waals surface area contributed by atoms with Crippen LogP contribution in [0.1, 0.15) is 21.7 Å². The monoisotopic (exact) mass is 285 g/mol. The highest BCUT2D eigenvalue weighted by Gasteiger charge is 2.06. The maximum atomic E-state index is 12.0. The zero-order valence-electron chi connectivity index (χ0n) is 11.5. The van der Waals surface area contributed by atoms with Crippen molar-refractivity contribution in [3.05, 3.63) is 59.7 Å². The Morgan fingerprint density at radius 1 is 1.33 bits per heavy atom. The van der Waals surface area contributed by atoms with E-state index in [2.05, 4.69) is 10.3 Å². The number of amides is 1. The maximum absolute atomic E-state index is 12.0. The fraction of sp³-hybridized carbons (Fsp3) is 0.133. The highest BCUT2D eigenvalue weighted by atomic mass is 16.4. The first kappa shape index (κ1) is 14.5. The Morgan fingerprint density at radius 2 is 2.05 bits per heavy atom. The summed E-state index contributed by atoms with van der Waals surface area (Å²) < 4.78 is 1.83. The third kappa shape index (κ3) is 4.04. The van der Waals surface area contributed by atoms with Crippen molar-refractivity contribution in [2.75, 3.05) is 0 Å². The molecule has 2 N–H and O–H groups in total. The summed E-state index contributed by atoms with van der Waals surface area (Å²) in [6.07, 6.45) is 6.00.